The summed E-state index contributed by atoms with van der Waals surface area (Å²) in [7, 11) is 0. The first kappa shape index (κ1) is 51.4. The molecule has 4 nitrogen and oxygen atoms in total. The van der Waals surface area contributed by atoms with Crippen molar-refractivity contribution in [2.45, 2.75) is 155 Å². The molecule has 4 heterocycles. The fourth-order valence-corrected chi connectivity index (χ4v) is 18.0. The summed E-state index contributed by atoms with van der Waals surface area (Å²) in [6.45, 7) is 19.4. The lowest BCUT2D eigenvalue weighted by molar-refractivity contribution is 0.444. The number of para-hydroxylation sites is 4. The van der Waals surface area contributed by atoms with Crippen LogP contribution in [0.2, 0.25) is 0 Å². The Kier molecular flexibility index (Phi) is 12.5. The molecule has 0 bridgehead atoms. The summed E-state index contributed by atoms with van der Waals surface area (Å²) in [4.78, 5) is 4.84. The van der Waals surface area contributed by atoms with Gasteiger partial charge in [-0.2, -0.15) is 0 Å². The van der Waals surface area contributed by atoms with Gasteiger partial charge in [0.15, 0.2) is 0 Å². The molecule has 0 unspecified atom stereocenters. The molecule has 13 aromatic carbocycles. The summed E-state index contributed by atoms with van der Waals surface area (Å²) in [5.41, 5.74) is 19.3. The highest BCUT2D eigenvalue weighted by Crippen LogP contribution is 2.56. The van der Waals surface area contributed by atoms with Gasteiger partial charge in [-0.25, -0.2) is 0 Å². The van der Waals surface area contributed by atoms with Gasteiger partial charge in [0.2, 0.25) is 0 Å². The molecule has 0 N–H and O–H groups in total. The molecule has 0 radical (unpaired) electrons. The lowest BCUT2D eigenvalue weighted by atomic mass is 9.33. The first-order valence-electron chi connectivity index (χ1n) is 46.4. The van der Waals surface area contributed by atoms with Gasteiger partial charge in [-0.1, -0.05) is 295 Å². The number of anilines is 6. The minimum Gasteiger partial charge on any atom is -0.310 e. The van der Waals surface area contributed by atoms with Crippen LogP contribution in [0.4, 0.5) is 34.1 Å². The Morgan fingerprint density at radius 3 is 1.00 bits per heavy atom. The Labute approximate surface area is 655 Å². The van der Waals surface area contributed by atoms with Crippen LogP contribution in [0, 0.1) is 0 Å². The maximum Gasteiger partial charge on any atom is 0.252 e. The predicted molar refractivity (Wildman–Crippen MR) is 459 cm³/mol. The average molecular weight is 1400 g/mol. The standard InChI is InChI=1S/C102H95BN4/c1-100(2,3)74-58-83(68-36-18-12-19-37-68)98(85(60-74)72-42-30-40-70(56-72)66-32-14-10-15-33-66)106-93-64-77(104-89-48-26-22-44-79(89)80-45-23-27-49-90(80)104)52-54-87(93)103-88-55-53-78(105-91-50-28-24-46-81(91)82-47-25-29-51-92(82)105)65-94(88)107(96-63-76(102(7,8)9)62-95(106)97(96)103)99-84(69-38-20-13-21-39-69)59-75(101(4,5)6)61-86(99)73-43-31-41-71(57-73)67-34-16-11-17-35-67/h12-13,18-31,36-67H,10-11,14-17,32-35H2,1-9H3/i22D,23D,24D,25D,26D,27D,28D,29D,44D,45D,46D,47D,48D,49D,50D,51D. The molecule has 0 spiro atoms. The second-order valence-corrected chi connectivity index (χ2v) is 33.3. The largest absolute Gasteiger partial charge is 0.310 e. The highest BCUT2D eigenvalue weighted by atomic mass is 15.2. The van der Waals surface area contributed by atoms with Crippen LogP contribution >= 0.6 is 0 Å². The molecule has 2 aromatic heterocycles. The van der Waals surface area contributed by atoms with E-state index >= 15 is 0 Å². The van der Waals surface area contributed by atoms with E-state index in [0.29, 0.717) is 34.6 Å². The lowest BCUT2D eigenvalue weighted by Gasteiger charge is -2.47. The monoisotopic (exact) mass is 1400 g/mol. The Morgan fingerprint density at radius 2 is 0.645 bits per heavy atom. The van der Waals surface area contributed by atoms with Crippen molar-refractivity contribution < 1.29 is 21.9 Å². The number of aromatic nitrogens is 2. The summed E-state index contributed by atoms with van der Waals surface area (Å²) >= 11 is 0. The third kappa shape index (κ3) is 11.4. The molecule has 2 fully saturated rings. The van der Waals surface area contributed by atoms with Crippen LogP contribution in [-0.2, 0) is 16.2 Å². The minimum atomic E-state index is -0.746. The average Bonchev–Trinajstić information content (AvgIpc) is 1.67. The zero-order valence-electron chi connectivity index (χ0n) is 78.4. The van der Waals surface area contributed by atoms with Crippen molar-refractivity contribution in [1.29, 1.82) is 0 Å². The van der Waals surface area contributed by atoms with Crippen LogP contribution in [0.25, 0.3) is 99.5 Å². The van der Waals surface area contributed by atoms with Crippen LogP contribution < -0.4 is 26.2 Å². The number of hydrogen-bond acceptors (Lipinski definition) is 2. The summed E-state index contributed by atoms with van der Waals surface area (Å²) in [5.74, 6) is 0.658. The Bertz CT molecular complexity index is 6440. The van der Waals surface area contributed by atoms with E-state index in [0.717, 1.165) is 152 Å². The first-order chi connectivity index (χ1) is 58.6. The number of benzene rings is 13. The number of hydrogen-bond donors (Lipinski definition) is 0. The molecule has 15 aromatic rings. The molecule has 526 valence electrons. The van der Waals surface area contributed by atoms with Crippen molar-refractivity contribution in [1.82, 2.24) is 9.13 Å². The van der Waals surface area contributed by atoms with Gasteiger partial charge in [0.1, 0.15) is 0 Å². The van der Waals surface area contributed by atoms with Crippen molar-refractivity contribution in [3.05, 3.63) is 306 Å². The van der Waals surface area contributed by atoms with Gasteiger partial charge in [-0.3, -0.25) is 0 Å². The van der Waals surface area contributed by atoms with E-state index in [1.54, 1.807) is 9.13 Å². The molecule has 2 aliphatic carbocycles. The zero-order valence-corrected chi connectivity index (χ0v) is 62.4. The van der Waals surface area contributed by atoms with Crippen LogP contribution in [0.3, 0.4) is 0 Å². The number of nitrogens with zero attached hydrogens (tertiary/aromatic N) is 4. The van der Waals surface area contributed by atoms with E-state index in [9.17, 15) is 21.9 Å². The smallest absolute Gasteiger partial charge is 0.252 e. The molecule has 2 saturated carbocycles. The Morgan fingerprint density at radius 1 is 0.318 bits per heavy atom. The Balaban J connectivity index is 1.03. The van der Waals surface area contributed by atoms with Gasteiger partial charge < -0.3 is 18.9 Å². The van der Waals surface area contributed by atoms with Gasteiger partial charge in [0, 0.05) is 77.9 Å². The van der Waals surface area contributed by atoms with Crippen molar-refractivity contribution in [2.75, 3.05) is 9.80 Å². The maximum atomic E-state index is 9.97. The Hall–Kier alpha value is -10.9. The third-order valence-corrected chi connectivity index (χ3v) is 23.6. The molecular weight excluding hydrogens is 1290 g/mol. The molecule has 19 rings (SSSR count). The van der Waals surface area contributed by atoms with Crippen molar-refractivity contribution >= 4 is 101 Å². The van der Waals surface area contributed by atoms with E-state index in [2.05, 4.69) is 218 Å². The quantitative estimate of drug-likeness (QED) is 0.127. The van der Waals surface area contributed by atoms with Crippen molar-refractivity contribution in [3.63, 3.8) is 0 Å². The van der Waals surface area contributed by atoms with Gasteiger partial charge in [0.25, 0.3) is 6.71 Å². The first-order valence-corrected chi connectivity index (χ1v) is 38.4. The highest BCUT2D eigenvalue weighted by molar-refractivity contribution is 7.00. The van der Waals surface area contributed by atoms with Crippen LogP contribution in [0.15, 0.2) is 279 Å². The molecular formula is C102H95BN4. The minimum absolute atomic E-state index is 0.0273. The molecule has 2 aliphatic heterocycles. The molecule has 0 amide bonds. The van der Waals surface area contributed by atoms with E-state index < -0.39 is 120 Å². The highest BCUT2D eigenvalue weighted by Gasteiger charge is 2.47. The molecule has 5 heteroatoms. The third-order valence-electron chi connectivity index (χ3n) is 23.6. The fourth-order valence-electron chi connectivity index (χ4n) is 18.0. The van der Waals surface area contributed by atoms with Gasteiger partial charge in [-0.15, -0.1) is 0 Å². The van der Waals surface area contributed by atoms with Gasteiger partial charge in [-0.05, 0) is 205 Å². The normalized spacial score (nSPS) is 17.1. The summed E-state index contributed by atoms with van der Waals surface area (Å²) in [5, 5.41) is -0.209. The van der Waals surface area contributed by atoms with Gasteiger partial charge >= 0.3 is 0 Å². The zero-order chi connectivity index (χ0) is 86.5. The number of fused-ring (bicyclic) bond motifs is 10. The fraction of sp³-hybridized carbons (Fsp3) is 0.235. The summed E-state index contributed by atoms with van der Waals surface area (Å²) in [6, 6.07) is 57.5. The van der Waals surface area contributed by atoms with E-state index in [1.165, 1.54) is 24.0 Å². The molecule has 107 heavy (non-hydrogen) atoms. The number of rotatable bonds is 10. The maximum absolute atomic E-state index is 9.97. The van der Waals surface area contributed by atoms with E-state index in [-0.39, 0.29) is 43.6 Å². The topological polar surface area (TPSA) is 16.3 Å². The molecule has 0 saturated heterocycles. The van der Waals surface area contributed by atoms with Gasteiger partial charge in [0.05, 0.1) is 55.4 Å². The predicted octanol–water partition coefficient (Wildman–Crippen LogP) is 26.6. The van der Waals surface area contributed by atoms with E-state index in [4.69, 9.17) is 0 Å². The van der Waals surface area contributed by atoms with Crippen LogP contribution in [0.5, 0.6) is 0 Å². The van der Waals surface area contributed by atoms with Crippen LogP contribution in [-0.4, -0.2) is 15.8 Å². The molecule has 0 atom stereocenters. The second kappa shape index (κ2) is 26.0. The summed E-state index contributed by atoms with van der Waals surface area (Å²) < 4.78 is 156. The lowest BCUT2D eigenvalue weighted by Crippen LogP contribution is -2.61. The second-order valence-electron chi connectivity index (χ2n) is 33.3. The van der Waals surface area contributed by atoms with Crippen LogP contribution in [0.1, 0.15) is 188 Å². The van der Waals surface area contributed by atoms with Crippen molar-refractivity contribution in [3.8, 4) is 55.9 Å². The SMILES string of the molecule is [2H]c1c([2H])c([2H])c2c(c1[2H])c1c([2H])c([2H])c([2H])c([2H])c1n2-c1ccc2c(c1)N(c1c(-c3ccccc3)cc(C(C)(C)C)cc1-c1cccc(C3CCCCC3)c1)c1cc(C(C)(C)C)cc3c1B2c1ccc(-n2c4c([2H])c([2H])c([2H])c([2H])c4c4c([2H])c([2H])c([2H])c([2H])c42)cc1N3c1c(-c2ccccc2)cc(C(C)(C)C)cc1-c1cccc(C2CCCCC2)c1. The van der Waals surface area contributed by atoms with Crippen molar-refractivity contribution in [2.24, 2.45) is 0 Å². The molecule has 4 aliphatic rings. The summed E-state index contributed by atoms with van der Waals surface area (Å²) in [6.07, 6.45) is 11.1. The van der Waals surface area contributed by atoms with E-state index in [1.807, 2.05) is 36.4 Å².